The summed E-state index contributed by atoms with van der Waals surface area (Å²) in [5, 5.41) is 5.11. The normalized spacial score (nSPS) is 11.3. The Hall–Kier alpha value is -3.77. The molecule has 34 heavy (non-hydrogen) atoms. The van der Waals surface area contributed by atoms with E-state index in [1.807, 2.05) is 4.98 Å². The number of methoxy groups -OCH3 is 1. The summed E-state index contributed by atoms with van der Waals surface area (Å²) in [6, 6.07) is 13.0. The lowest BCUT2D eigenvalue weighted by molar-refractivity contribution is -0.132. The number of nitrogens with two attached hydrogens (primary N) is 1. The quantitative estimate of drug-likeness (QED) is 0.450. The number of nitrogens with one attached hydrogen (secondary N) is 1. The van der Waals surface area contributed by atoms with Crippen LogP contribution in [0.3, 0.4) is 0 Å². The van der Waals surface area contributed by atoms with Gasteiger partial charge >= 0.3 is 5.69 Å². The van der Waals surface area contributed by atoms with Crippen LogP contribution >= 0.6 is 0 Å². The van der Waals surface area contributed by atoms with Crippen molar-refractivity contribution in [2.24, 2.45) is 5.14 Å². The molecule has 180 valence electrons. The maximum atomic E-state index is 13.6. The number of sulfonamides is 1. The minimum Gasteiger partial charge on any atom is -0.497 e. The molecule has 1 aromatic heterocycles. The minimum absolute atomic E-state index is 0.0260. The van der Waals surface area contributed by atoms with Crippen molar-refractivity contribution in [3.8, 4) is 5.75 Å². The Labute approximate surface area is 194 Å². The minimum atomic E-state index is -3.82. The number of carbonyl (C=O) groups excluding carboxylic acids is 1. The molecule has 3 aromatic rings. The zero-order valence-electron chi connectivity index (χ0n) is 18.2. The summed E-state index contributed by atoms with van der Waals surface area (Å²) in [5.74, 6) is -1.01. The van der Waals surface area contributed by atoms with Gasteiger partial charge in [-0.2, -0.15) is 4.39 Å². The summed E-state index contributed by atoms with van der Waals surface area (Å²) in [6.45, 7) is -0.0636. The molecule has 0 aliphatic rings. The van der Waals surface area contributed by atoms with E-state index in [2.05, 4.69) is 0 Å². The van der Waals surface area contributed by atoms with Crippen LogP contribution in [0.25, 0.3) is 0 Å². The smallest absolute Gasteiger partial charge is 0.328 e. The van der Waals surface area contributed by atoms with Crippen molar-refractivity contribution in [3.05, 3.63) is 92.5 Å². The third kappa shape index (κ3) is 6.39. The highest BCUT2D eigenvalue weighted by molar-refractivity contribution is 7.89. The number of nitrogens with zero attached hydrogens (tertiary/aromatic N) is 2. The lowest BCUT2D eigenvalue weighted by atomic mass is 10.1. The van der Waals surface area contributed by atoms with Crippen LogP contribution in [0.1, 0.15) is 11.1 Å². The number of aromatic nitrogens is 2. The molecule has 0 atom stereocenters. The Morgan fingerprint density at radius 2 is 1.71 bits per heavy atom. The van der Waals surface area contributed by atoms with E-state index in [1.165, 1.54) is 24.1 Å². The maximum absolute atomic E-state index is 13.6. The van der Waals surface area contributed by atoms with Gasteiger partial charge in [-0.25, -0.2) is 18.4 Å². The van der Waals surface area contributed by atoms with Gasteiger partial charge in [-0.05, 0) is 41.8 Å². The predicted octanol–water partition coefficient (Wildman–Crippen LogP) is 0.603. The fourth-order valence-corrected chi connectivity index (χ4v) is 3.71. The van der Waals surface area contributed by atoms with Gasteiger partial charge in [-0.15, -0.1) is 0 Å². The molecular formula is C22H23FN4O6S. The molecule has 3 rings (SSSR count). The molecule has 0 radical (unpaired) electrons. The van der Waals surface area contributed by atoms with Gasteiger partial charge in [0, 0.05) is 13.1 Å². The highest BCUT2D eigenvalue weighted by Gasteiger charge is 2.17. The summed E-state index contributed by atoms with van der Waals surface area (Å²) in [5.41, 5.74) is -0.514. The van der Waals surface area contributed by atoms with Gasteiger partial charge in [0.2, 0.25) is 21.7 Å². The second-order valence-electron chi connectivity index (χ2n) is 7.47. The standard InChI is InChI=1S/C22H23FN4O6S/c1-33-17-6-2-16(3-7-17)12-26(11-10-15-4-8-18(9-5-15)34(24,31)32)20(28)14-27-13-19(23)21(29)25-22(27)30/h2-9,13H,10-12,14H2,1H3,(H2,24,31,32)(H,25,29,30). The number of H-pyrrole nitrogens is 1. The molecular weight excluding hydrogens is 467 g/mol. The van der Waals surface area contributed by atoms with Crippen molar-refractivity contribution in [1.29, 1.82) is 0 Å². The molecule has 0 saturated heterocycles. The fraction of sp³-hybridized carbons (Fsp3) is 0.227. The maximum Gasteiger partial charge on any atom is 0.328 e. The number of rotatable bonds is 9. The van der Waals surface area contributed by atoms with E-state index in [4.69, 9.17) is 9.88 Å². The van der Waals surface area contributed by atoms with Crippen LogP contribution in [-0.4, -0.2) is 42.4 Å². The van der Waals surface area contributed by atoms with Crippen molar-refractivity contribution in [2.45, 2.75) is 24.4 Å². The van der Waals surface area contributed by atoms with Gasteiger partial charge < -0.3 is 9.64 Å². The molecule has 0 saturated carbocycles. The van der Waals surface area contributed by atoms with Crippen molar-refractivity contribution in [2.75, 3.05) is 13.7 Å². The van der Waals surface area contributed by atoms with Crippen LogP contribution in [0.5, 0.6) is 5.75 Å². The van der Waals surface area contributed by atoms with Gasteiger partial charge in [-0.1, -0.05) is 24.3 Å². The highest BCUT2D eigenvalue weighted by atomic mass is 32.2. The van der Waals surface area contributed by atoms with Crippen molar-refractivity contribution >= 4 is 15.9 Å². The Kier molecular flexibility index (Phi) is 7.64. The summed E-state index contributed by atoms with van der Waals surface area (Å²) in [4.78, 5) is 39.5. The lowest BCUT2D eigenvalue weighted by Gasteiger charge is -2.23. The summed E-state index contributed by atoms with van der Waals surface area (Å²) < 4.78 is 42.4. The molecule has 0 aliphatic carbocycles. The largest absolute Gasteiger partial charge is 0.497 e. The molecule has 0 bridgehead atoms. The van der Waals surface area contributed by atoms with Gasteiger partial charge in [0.1, 0.15) is 12.3 Å². The first kappa shape index (κ1) is 24.9. The molecule has 10 nitrogen and oxygen atoms in total. The topological polar surface area (TPSA) is 145 Å². The first-order valence-electron chi connectivity index (χ1n) is 10.1. The highest BCUT2D eigenvalue weighted by Crippen LogP contribution is 2.15. The van der Waals surface area contributed by atoms with E-state index in [0.29, 0.717) is 18.4 Å². The van der Waals surface area contributed by atoms with E-state index in [0.717, 1.165) is 15.7 Å². The number of benzene rings is 2. The van der Waals surface area contributed by atoms with Gasteiger partial charge in [-0.3, -0.25) is 19.1 Å². The van der Waals surface area contributed by atoms with Gasteiger partial charge in [0.15, 0.2) is 0 Å². The van der Waals surface area contributed by atoms with Crippen LogP contribution in [0.2, 0.25) is 0 Å². The Bertz CT molecular complexity index is 1380. The number of hydrogen-bond acceptors (Lipinski definition) is 6. The molecule has 3 N–H and O–H groups in total. The second-order valence-corrected chi connectivity index (χ2v) is 9.03. The number of carbonyl (C=O) groups is 1. The van der Waals surface area contributed by atoms with Crippen LogP contribution in [0.15, 0.2) is 69.2 Å². The zero-order valence-corrected chi connectivity index (χ0v) is 19.0. The lowest BCUT2D eigenvalue weighted by Crippen LogP contribution is -2.39. The molecule has 0 fully saturated rings. The van der Waals surface area contributed by atoms with E-state index in [1.54, 1.807) is 36.4 Å². The first-order chi connectivity index (χ1) is 16.1. The SMILES string of the molecule is COc1ccc(CN(CCc2ccc(S(N)(=O)=O)cc2)C(=O)Cn2cc(F)c(=O)[nH]c2=O)cc1. The number of hydrogen-bond donors (Lipinski definition) is 2. The van der Waals surface area contributed by atoms with E-state index >= 15 is 0 Å². The number of ether oxygens (including phenoxy) is 1. The summed E-state index contributed by atoms with van der Waals surface area (Å²) >= 11 is 0. The Balaban J connectivity index is 1.80. The second kappa shape index (κ2) is 10.4. The number of aromatic amines is 1. The van der Waals surface area contributed by atoms with Gasteiger partial charge in [0.25, 0.3) is 5.56 Å². The molecule has 0 unspecified atom stereocenters. The average Bonchev–Trinajstić information content (AvgIpc) is 2.80. The molecule has 1 amide bonds. The number of amides is 1. The zero-order chi connectivity index (χ0) is 24.9. The van der Waals surface area contributed by atoms with Crippen LogP contribution in [0.4, 0.5) is 4.39 Å². The molecule has 0 spiro atoms. The van der Waals surface area contributed by atoms with Crippen LogP contribution in [-0.2, 0) is 34.3 Å². The molecule has 1 heterocycles. The number of halogens is 1. The molecule has 12 heteroatoms. The average molecular weight is 491 g/mol. The van der Waals surface area contributed by atoms with Crippen LogP contribution < -0.4 is 21.1 Å². The predicted molar refractivity (Wildman–Crippen MR) is 121 cm³/mol. The third-order valence-electron chi connectivity index (χ3n) is 5.08. The van der Waals surface area contributed by atoms with E-state index in [-0.39, 0.29) is 18.0 Å². The van der Waals surface area contributed by atoms with E-state index in [9.17, 15) is 27.2 Å². The van der Waals surface area contributed by atoms with E-state index < -0.39 is 39.5 Å². The van der Waals surface area contributed by atoms with Crippen molar-refractivity contribution in [1.82, 2.24) is 14.5 Å². The van der Waals surface area contributed by atoms with Crippen molar-refractivity contribution < 1.29 is 22.3 Å². The van der Waals surface area contributed by atoms with Crippen molar-refractivity contribution in [3.63, 3.8) is 0 Å². The number of primary sulfonamides is 1. The fourth-order valence-electron chi connectivity index (χ4n) is 3.20. The Morgan fingerprint density at radius 3 is 2.29 bits per heavy atom. The van der Waals surface area contributed by atoms with Crippen LogP contribution in [0, 0.1) is 5.82 Å². The van der Waals surface area contributed by atoms with Gasteiger partial charge in [0.05, 0.1) is 18.2 Å². The monoisotopic (exact) mass is 490 g/mol. The summed E-state index contributed by atoms with van der Waals surface area (Å²) in [7, 11) is -2.28. The first-order valence-corrected chi connectivity index (χ1v) is 11.6. The molecule has 0 aliphatic heterocycles. The Morgan fingerprint density at radius 1 is 1.09 bits per heavy atom. The third-order valence-corrected chi connectivity index (χ3v) is 6.01. The summed E-state index contributed by atoms with van der Waals surface area (Å²) in [6.07, 6.45) is 1.07. The molecule has 2 aromatic carbocycles.